The minimum atomic E-state index is -0.590. The van der Waals surface area contributed by atoms with Crippen LogP contribution < -0.4 is 0 Å². The standard InChI is InChI=1S/C10H6FN2.Y/c11-10-4-3-9(7-13-10)8-2-1-5-12-6-8;/h1-3,5-7H;/q-1;. The number of aromatic nitrogens is 2. The number of hydrogen-bond acceptors (Lipinski definition) is 2. The Morgan fingerprint density at radius 3 is 2.64 bits per heavy atom. The summed E-state index contributed by atoms with van der Waals surface area (Å²) >= 11 is 0. The molecule has 1 radical (unpaired) electrons. The number of pyridine rings is 2. The Morgan fingerprint density at radius 2 is 2.07 bits per heavy atom. The summed E-state index contributed by atoms with van der Waals surface area (Å²) in [6.07, 6.45) is 4.84. The molecule has 0 N–H and O–H groups in total. The SMILES string of the molecule is Fc1[c-]cc(-c2cccnc2)cn1.[Y]. The first-order valence-electron chi connectivity index (χ1n) is 3.80. The number of nitrogens with zero attached hydrogens (tertiary/aromatic N) is 2. The molecule has 0 aliphatic carbocycles. The van der Waals surface area contributed by atoms with Crippen molar-refractivity contribution in [3.05, 3.63) is 48.8 Å². The average Bonchev–Trinajstić information content (AvgIpc) is 2.20. The maximum atomic E-state index is 12.4. The first-order valence-corrected chi connectivity index (χ1v) is 3.80. The normalized spacial score (nSPS) is 9.21. The van der Waals surface area contributed by atoms with Gasteiger partial charge >= 0.3 is 0 Å². The van der Waals surface area contributed by atoms with E-state index in [9.17, 15) is 4.39 Å². The van der Waals surface area contributed by atoms with Gasteiger partial charge in [0.2, 0.25) is 0 Å². The topological polar surface area (TPSA) is 25.8 Å². The smallest absolute Gasteiger partial charge is 0.120 e. The molecule has 0 fully saturated rings. The molecule has 0 aliphatic heterocycles. The van der Waals surface area contributed by atoms with E-state index in [0.29, 0.717) is 0 Å². The molecule has 0 aliphatic rings. The molecule has 2 aromatic rings. The maximum Gasteiger partial charge on any atom is 0.120 e. The fourth-order valence-corrected chi connectivity index (χ4v) is 1.03. The second-order valence-corrected chi connectivity index (χ2v) is 2.53. The van der Waals surface area contributed by atoms with Crippen molar-refractivity contribution in [2.45, 2.75) is 0 Å². The Morgan fingerprint density at radius 1 is 1.21 bits per heavy atom. The largest absolute Gasteiger partial charge is 0.266 e. The fourth-order valence-electron chi connectivity index (χ4n) is 1.03. The first kappa shape index (κ1) is 11.4. The van der Waals surface area contributed by atoms with E-state index in [1.807, 2.05) is 12.1 Å². The summed E-state index contributed by atoms with van der Waals surface area (Å²) in [6.45, 7) is 0. The molecule has 67 valence electrons. The molecule has 4 heteroatoms. The number of halogens is 1. The van der Waals surface area contributed by atoms with E-state index in [-0.39, 0.29) is 32.7 Å². The summed E-state index contributed by atoms with van der Waals surface area (Å²) < 4.78 is 12.4. The summed E-state index contributed by atoms with van der Waals surface area (Å²) in [5.74, 6) is -0.590. The molecular weight excluding hydrogens is 256 g/mol. The Labute approximate surface area is 106 Å². The van der Waals surface area contributed by atoms with E-state index >= 15 is 0 Å². The van der Waals surface area contributed by atoms with Crippen LogP contribution in [-0.4, -0.2) is 9.97 Å². The summed E-state index contributed by atoms with van der Waals surface area (Å²) in [4.78, 5) is 7.45. The second-order valence-electron chi connectivity index (χ2n) is 2.53. The second kappa shape index (κ2) is 5.27. The van der Waals surface area contributed by atoms with Crippen molar-refractivity contribution in [3.8, 4) is 11.1 Å². The van der Waals surface area contributed by atoms with Crippen LogP contribution >= 0.6 is 0 Å². The monoisotopic (exact) mass is 262 g/mol. The van der Waals surface area contributed by atoms with E-state index in [2.05, 4.69) is 16.0 Å². The Kier molecular flexibility index (Phi) is 4.30. The predicted octanol–water partition coefficient (Wildman–Crippen LogP) is 2.08. The molecule has 2 rings (SSSR count). The molecular formula is C10H6FN2Y-. The first-order chi connectivity index (χ1) is 6.36. The molecule has 14 heavy (non-hydrogen) atoms. The van der Waals surface area contributed by atoms with Crippen molar-refractivity contribution in [3.63, 3.8) is 0 Å². The van der Waals surface area contributed by atoms with E-state index in [4.69, 9.17) is 0 Å². The molecule has 2 heterocycles. The third-order valence-electron chi connectivity index (χ3n) is 1.66. The van der Waals surface area contributed by atoms with E-state index in [1.165, 1.54) is 6.20 Å². The van der Waals surface area contributed by atoms with Gasteiger partial charge in [-0.15, -0.1) is 5.56 Å². The van der Waals surface area contributed by atoms with Gasteiger partial charge in [-0.25, -0.2) is 10.5 Å². The average molecular weight is 262 g/mol. The molecule has 0 spiro atoms. The molecule has 0 unspecified atom stereocenters. The van der Waals surface area contributed by atoms with Crippen molar-refractivity contribution < 1.29 is 37.1 Å². The van der Waals surface area contributed by atoms with E-state index < -0.39 is 5.95 Å². The van der Waals surface area contributed by atoms with Crippen molar-refractivity contribution in [2.24, 2.45) is 0 Å². The van der Waals surface area contributed by atoms with Gasteiger partial charge in [-0.1, -0.05) is 11.6 Å². The summed E-state index contributed by atoms with van der Waals surface area (Å²) in [5, 5.41) is 0. The molecule has 0 saturated carbocycles. The van der Waals surface area contributed by atoms with Crippen LogP contribution in [-0.2, 0) is 32.7 Å². The summed E-state index contributed by atoms with van der Waals surface area (Å²) in [5.41, 5.74) is 1.72. The third-order valence-corrected chi connectivity index (χ3v) is 1.66. The van der Waals surface area contributed by atoms with Crippen LogP contribution in [0.1, 0.15) is 0 Å². The van der Waals surface area contributed by atoms with E-state index in [1.54, 1.807) is 18.5 Å². The summed E-state index contributed by atoms with van der Waals surface area (Å²) in [7, 11) is 0. The van der Waals surface area contributed by atoms with Gasteiger partial charge in [0.15, 0.2) is 0 Å². The van der Waals surface area contributed by atoms with Crippen LogP contribution in [0.4, 0.5) is 4.39 Å². The third kappa shape index (κ3) is 2.66. The summed E-state index contributed by atoms with van der Waals surface area (Å²) in [6, 6.07) is 7.65. The van der Waals surface area contributed by atoms with Crippen LogP contribution in [0.5, 0.6) is 0 Å². The van der Waals surface area contributed by atoms with Gasteiger partial charge in [0.05, 0.1) is 0 Å². The minimum Gasteiger partial charge on any atom is -0.266 e. The zero-order valence-corrected chi connectivity index (χ0v) is 10.2. The minimum absolute atomic E-state index is 0. The van der Waals surface area contributed by atoms with Gasteiger partial charge in [-0.05, 0) is 12.3 Å². The Balaban J connectivity index is 0.000000980. The number of hydrogen-bond donors (Lipinski definition) is 0. The fraction of sp³-hybridized carbons (Fsp3) is 0. The van der Waals surface area contributed by atoms with Gasteiger partial charge in [0.1, 0.15) is 5.95 Å². The van der Waals surface area contributed by atoms with Crippen molar-refractivity contribution in [1.82, 2.24) is 9.97 Å². The molecule has 0 atom stereocenters. The van der Waals surface area contributed by atoms with Crippen LogP contribution in [0.2, 0.25) is 0 Å². The number of rotatable bonds is 1. The van der Waals surface area contributed by atoms with Gasteiger partial charge in [0, 0.05) is 45.1 Å². The van der Waals surface area contributed by atoms with E-state index in [0.717, 1.165) is 11.1 Å². The van der Waals surface area contributed by atoms with Crippen LogP contribution in [0.15, 0.2) is 36.8 Å². The molecule has 0 bridgehead atoms. The van der Waals surface area contributed by atoms with Crippen LogP contribution in [0.3, 0.4) is 0 Å². The molecule has 0 saturated heterocycles. The van der Waals surface area contributed by atoms with Gasteiger partial charge in [-0.3, -0.25) is 9.97 Å². The predicted molar refractivity (Wildman–Crippen MR) is 46.3 cm³/mol. The molecule has 0 aromatic carbocycles. The van der Waals surface area contributed by atoms with Crippen LogP contribution in [0.25, 0.3) is 11.1 Å². The van der Waals surface area contributed by atoms with Gasteiger partial charge in [0.25, 0.3) is 0 Å². The van der Waals surface area contributed by atoms with Gasteiger partial charge in [-0.2, -0.15) is 6.07 Å². The Hall–Kier alpha value is -0.666. The van der Waals surface area contributed by atoms with Crippen LogP contribution in [0, 0.1) is 12.0 Å². The quantitative estimate of drug-likeness (QED) is 0.581. The molecule has 2 nitrogen and oxygen atoms in total. The van der Waals surface area contributed by atoms with Crippen molar-refractivity contribution >= 4 is 0 Å². The Bertz CT molecular complexity index is 389. The van der Waals surface area contributed by atoms with Crippen molar-refractivity contribution in [1.29, 1.82) is 0 Å². The van der Waals surface area contributed by atoms with Crippen molar-refractivity contribution in [2.75, 3.05) is 0 Å². The molecule has 2 aromatic heterocycles. The van der Waals surface area contributed by atoms with Gasteiger partial charge < -0.3 is 0 Å². The zero-order chi connectivity index (χ0) is 9.10. The maximum absolute atomic E-state index is 12.4. The zero-order valence-electron chi connectivity index (χ0n) is 7.31. The molecule has 0 amide bonds.